The monoisotopic (exact) mass is 314 g/mol. The quantitative estimate of drug-likeness (QED) is 0.760. The number of carbonyl (C=O) groups is 1. The molecule has 1 saturated heterocycles. The Kier molecular flexibility index (Phi) is 5.41. The highest BCUT2D eigenvalue weighted by Crippen LogP contribution is 2.08. The van der Waals surface area contributed by atoms with Crippen molar-refractivity contribution in [3.63, 3.8) is 0 Å². The first-order valence-electron chi connectivity index (χ1n) is 7.14. The maximum absolute atomic E-state index is 12.1. The van der Waals surface area contributed by atoms with Crippen LogP contribution in [0.5, 0.6) is 0 Å². The molecule has 0 atom stereocenters. The summed E-state index contributed by atoms with van der Waals surface area (Å²) >= 11 is 0. The van der Waals surface area contributed by atoms with Gasteiger partial charge in [0.25, 0.3) is 0 Å². The number of hydrogen-bond donors (Lipinski definition) is 0. The van der Waals surface area contributed by atoms with Crippen LogP contribution in [0.25, 0.3) is 0 Å². The summed E-state index contributed by atoms with van der Waals surface area (Å²) in [6.45, 7) is 3.36. The van der Waals surface area contributed by atoms with E-state index in [1.807, 2.05) is 17.0 Å². The molecule has 0 bridgehead atoms. The zero-order valence-electron chi connectivity index (χ0n) is 12.3. The molecule has 0 aliphatic carbocycles. The molecule has 2 rings (SSSR count). The summed E-state index contributed by atoms with van der Waals surface area (Å²) in [7, 11) is -2.92. The molecule has 0 spiro atoms. The second-order valence-electron chi connectivity index (χ2n) is 5.43. The van der Waals surface area contributed by atoms with Crippen LogP contribution in [0.4, 0.5) is 0 Å². The molecule has 1 fully saturated rings. The van der Waals surface area contributed by atoms with E-state index < -0.39 is 9.84 Å². The lowest BCUT2D eigenvalue weighted by Crippen LogP contribution is -2.49. The molecule has 1 aromatic heterocycles. The van der Waals surface area contributed by atoms with Gasteiger partial charge >= 0.3 is 0 Å². The topological polar surface area (TPSA) is 70.8 Å². The Labute approximate surface area is 125 Å². The summed E-state index contributed by atoms with van der Waals surface area (Å²) in [5, 5.41) is 0. The molecule has 6 nitrogen and oxygen atoms in total. The normalized spacial score (nSPS) is 17.1. The van der Waals surface area contributed by atoms with Crippen LogP contribution in [0.1, 0.15) is 12.2 Å². The zero-order valence-corrected chi connectivity index (χ0v) is 13.1. The number of hydrogen-bond acceptors (Lipinski definition) is 5. The van der Waals surface area contributed by atoms with Gasteiger partial charge in [-0.2, -0.15) is 0 Å². The van der Waals surface area contributed by atoms with Gasteiger partial charge in [0, 0.05) is 51.8 Å². The van der Waals surface area contributed by atoms with Crippen LogP contribution in [-0.2, 0) is 21.1 Å². The van der Waals surface area contributed by atoms with Crippen LogP contribution in [0.15, 0.2) is 22.8 Å². The predicted molar refractivity (Wildman–Crippen MR) is 79.8 cm³/mol. The van der Waals surface area contributed by atoms with Crippen molar-refractivity contribution in [1.82, 2.24) is 9.80 Å². The summed E-state index contributed by atoms with van der Waals surface area (Å²) in [6, 6.07) is 3.69. The lowest BCUT2D eigenvalue weighted by Gasteiger charge is -2.34. The Morgan fingerprint density at radius 1 is 1.29 bits per heavy atom. The SMILES string of the molecule is CS(=O)(=O)CCN1CCN(C(=O)CCc2ccco2)CC1. The van der Waals surface area contributed by atoms with Gasteiger partial charge in [-0.25, -0.2) is 8.42 Å². The first kappa shape index (κ1) is 16.0. The summed E-state index contributed by atoms with van der Waals surface area (Å²) in [4.78, 5) is 16.0. The molecular weight excluding hydrogens is 292 g/mol. The molecule has 0 unspecified atom stereocenters. The number of rotatable bonds is 6. The third kappa shape index (κ3) is 5.51. The van der Waals surface area contributed by atoms with Crippen LogP contribution in [-0.4, -0.2) is 68.9 Å². The Morgan fingerprint density at radius 2 is 2.00 bits per heavy atom. The largest absolute Gasteiger partial charge is 0.469 e. The maximum atomic E-state index is 12.1. The van der Waals surface area contributed by atoms with Crippen molar-refractivity contribution < 1.29 is 17.6 Å². The fraction of sp³-hybridized carbons (Fsp3) is 0.643. The Balaban J connectivity index is 1.69. The average Bonchev–Trinajstić information content (AvgIpc) is 2.95. The van der Waals surface area contributed by atoms with Crippen molar-refractivity contribution in [1.29, 1.82) is 0 Å². The molecule has 0 radical (unpaired) electrons. The summed E-state index contributed by atoms with van der Waals surface area (Å²) < 4.78 is 27.5. The number of furan rings is 1. The molecule has 1 amide bonds. The summed E-state index contributed by atoms with van der Waals surface area (Å²) in [5.41, 5.74) is 0. The second-order valence-corrected chi connectivity index (χ2v) is 7.69. The van der Waals surface area contributed by atoms with Crippen molar-refractivity contribution in [3.8, 4) is 0 Å². The zero-order chi connectivity index (χ0) is 15.3. The smallest absolute Gasteiger partial charge is 0.223 e. The molecule has 2 heterocycles. The minimum absolute atomic E-state index is 0.133. The number of piperazine rings is 1. The summed E-state index contributed by atoms with van der Waals surface area (Å²) in [6.07, 6.45) is 3.94. The van der Waals surface area contributed by atoms with Crippen molar-refractivity contribution >= 4 is 15.7 Å². The first-order chi connectivity index (χ1) is 9.94. The van der Waals surface area contributed by atoms with Crippen LogP contribution < -0.4 is 0 Å². The molecule has 21 heavy (non-hydrogen) atoms. The van der Waals surface area contributed by atoms with E-state index in [0.29, 0.717) is 32.5 Å². The fourth-order valence-corrected chi connectivity index (χ4v) is 2.95. The van der Waals surface area contributed by atoms with Crippen LogP contribution >= 0.6 is 0 Å². The molecule has 1 aliphatic rings. The minimum atomic E-state index is -2.92. The first-order valence-corrected chi connectivity index (χ1v) is 9.20. The van der Waals surface area contributed by atoms with Crippen molar-refractivity contribution in [2.45, 2.75) is 12.8 Å². The highest BCUT2D eigenvalue weighted by molar-refractivity contribution is 7.90. The molecule has 7 heteroatoms. The molecule has 0 aromatic carbocycles. The molecule has 0 N–H and O–H groups in total. The van der Waals surface area contributed by atoms with Gasteiger partial charge in [0.2, 0.25) is 5.91 Å². The van der Waals surface area contributed by atoms with Gasteiger partial charge < -0.3 is 9.32 Å². The van der Waals surface area contributed by atoms with E-state index >= 15 is 0 Å². The van der Waals surface area contributed by atoms with Crippen molar-refractivity contribution in [2.75, 3.05) is 44.7 Å². The van der Waals surface area contributed by atoms with Crippen molar-refractivity contribution in [3.05, 3.63) is 24.2 Å². The molecule has 1 aromatic rings. The molecule has 1 aliphatic heterocycles. The fourth-order valence-electron chi connectivity index (χ4n) is 2.36. The molecule has 118 valence electrons. The lowest BCUT2D eigenvalue weighted by atomic mass is 10.2. The van der Waals surface area contributed by atoms with E-state index in [4.69, 9.17) is 4.42 Å². The standard InChI is InChI=1S/C14H22N2O4S/c1-21(18,19)12-10-15-6-8-16(9-7-15)14(17)5-4-13-3-2-11-20-13/h2-3,11H,4-10,12H2,1H3. The van der Waals surface area contributed by atoms with E-state index in [2.05, 4.69) is 4.90 Å². The van der Waals surface area contributed by atoms with E-state index in [1.54, 1.807) is 6.26 Å². The Hall–Kier alpha value is -1.34. The van der Waals surface area contributed by atoms with Gasteiger partial charge in [0.05, 0.1) is 12.0 Å². The third-order valence-corrected chi connectivity index (χ3v) is 4.59. The van der Waals surface area contributed by atoms with Gasteiger partial charge in [-0.05, 0) is 12.1 Å². The number of nitrogens with zero attached hydrogens (tertiary/aromatic N) is 2. The Morgan fingerprint density at radius 3 is 2.57 bits per heavy atom. The second kappa shape index (κ2) is 7.09. The van der Waals surface area contributed by atoms with Gasteiger partial charge in [0.15, 0.2) is 0 Å². The van der Waals surface area contributed by atoms with E-state index in [1.165, 1.54) is 6.26 Å². The van der Waals surface area contributed by atoms with E-state index in [-0.39, 0.29) is 11.7 Å². The molecule has 0 saturated carbocycles. The number of carbonyl (C=O) groups excluding carboxylic acids is 1. The third-order valence-electron chi connectivity index (χ3n) is 3.67. The molecular formula is C14H22N2O4S. The number of amides is 1. The van der Waals surface area contributed by atoms with Crippen LogP contribution in [0.3, 0.4) is 0 Å². The average molecular weight is 314 g/mol. The van der Waals surface area contributed by atoms with Crippen LogP contribution in [0.2, 0.25) is 0 Å². The van der Waals surface area contributed by atoms with Crippen LogP contribution in [0, 0.1) is 0 Å². The van der Waals surface area contributed by atoms with E-state index in [9.17, 15) is 13.2 Å². The van der Waals surface area contributed by atoms with Gasteiger partial charge in [-0.1, -0.05) is 0 Å². The lowest BCUT2D eigenvalue weighted by molar-refractivity contribution is -0.132. The van der Waals surface area contributed by atoms with E-state index in [0.717, 1.165) is 18.8 Å². The van der Waals surface area contributed by atoms with Crippen molar-refractivity contribution in [2.24, 2.45) is 0 Å². The van der Waals surface area contributed by atoms with Gasteiger partial charge in [-0.3, -0.25) is 9.69 Å². The number of sulfone groups is 1. The minimum Gasteiger partial charge on any atom is -0.469 e. The Bertz CT molecular complexity index is 546. The summed E-state index contributed by atoms with van der Waals surface area (Å²) in [5.74, 6) is 1.14. The predicted octanol–water partition coefficient (Wildman–Crippen LogP) is 0.401. The van der Waals surface area contributed by atoms with Gasteiger partial charge in [0.1, 0.15) is 15.6 Å². The number of aryl methyl sites for hydroxylation is 1. The highest BCUT2D eigenvalue weighted by Gasteiger charge is 2.21. The highest BCUT2D eigenvalue weighted by atomic mass is 32.2. The maximum Gasteiger partial charge on any atom is 0.223 e. The van der Waals surface area contributed by atoms with Gasteiger partial charge in [-0.15, -0.1) is 0 Å².